The summed E-state index contributed by atoms with van der Waals surface area (Å²) in [5.41, 5.74) is 9.22. The van der Waals surface area contributed by atoms with Crippen LogP contribution in [0.5, 0.6) is 0 Å². The third-order valence-electron chi connectivity index (χ3n) is 6.74. The van der Waals surface area contributed by atoms with Gasteiger partial charge in [-0.3, -0.25) is 9.59 Å². The molecule has 2 aliphatic rings. The maximum absolute atomic E-state index is 13.5. The Morgan fingerprint density at radius 2 is 2.06 bits per heavy atom. The average Bonchev–Trinajstić information content (AvgIpc) is 3.18. The summed E-state index contributed by atoms with van der Waals surface area (Å²) >= 11 is 0. The molecule has 174 valence electrons. The molecule has 2 heterocycles. The zero-order valence-electron chi connectivity index (χ0n) is 19.3. The van der Waals surface area contributed by atoms with Crippen LogP contribution in [0, 0.1) is 23.7 Å². The van der Waals surface area contributed by atoms with Crippen molar-refractivity contribution in [2.45, 2.75) is 64.4 Å². The number of ketones is 1. The zero-order valence-corrected chi connectivity index (χ0v) is 19.3. The second kappa shape index (κ2) is 10.5. The average molecular weight is 444 g/mol. The van der Waals surface area contributed by atoms with Crippen molar-refractivity contribution in [3.63, 3.8) is 0 Å². The van der Waals surface area contributed by atoms with Gasteiger partial charge in [0, 0.05) is 42.9 Å². The number of hydrogen-bond donors (Lipinski definition) is 0. The molecule has 2 fully saturated rings. The third kappa shape index (κ3) is 5.31. The lowest BCUT2D eigenvalue weighted by Gasteiger charge is -2.37. The predicted molar refractivity (Wildman–Crippen MR) is 119 cm³/mol. The van der Waals surface area contributed by atoms with Crippen LogP contribution in [0.4, 0.5) is 0 Å². The molecule has 0 amide bonds. The van der Waals surface area contributed by atoms with E-state index >= 15 is 0 Å². The Bertz CT molecular complexity index is 856. The first-order chi connectivity index (χ1) is 15.3. The fraction of sp³-hybridized carbons (Fsp3) is 0.667. The molecule has 1 aromatic carbocycles. The molecule has 32 heavy (non-hydrogen) atoms. The number of ether oxygens (including phenoxy) is 3. The van der Waals surface area contributed by atoms with Gasteiger partial charge in [-0.1, -0.05) is 56.2 Å². The van der Waals surface area contributed by atoms with E-state index < -0.39 is 23.9 Å². The van der Waals surface area contributed by atoms with Gasteiger partial charge in [0.2, 0.25) is 0 Å². The molecule has 7 atom stereocenters. The van der Waals surface area contributed by atoms with Gasteiger partial charge in [0.05, 0.1) is 5.92 Å². The number of hydrogen-bond acceptors (Lipinski definition) is 6. The lowest BCUT2D eigenvalue weighted by molar-refractivity contribution is -0.257. The minimum absolute atomic E-state index is 0.0295. The highest BCUT2D eigenvalue weighted by atomic mass is 16.7. The van der Waals surface area contributed by atoms with Crippen LogP contribution in [0.3, 0.4) is 0 Å². The normalized spacial score (nSPS) is 31.9. The van der Waals surface area contributed by atoms with Gasteiger partial charge >= 0.3 is 5.97 Å². The Balaban J connectivity index is 1.89. The van der Waals surface area contributed by atoms with Crippen molar-refractivity contribution in [3.8, 4) is 0 Å². The number of benzene rings is 1. The highest BCUT2D eigenvalue weighted by Crippen LogP contribution is 2.47. The number of Topliss-reactive ketones (excluding diaryl/α,β-unsaturated/α-hetero) is 1. The van der Waals surface area contributed by atoms with E-state index in [1.807, 2.05) is 39.0 Å². The maximum Gasteiger partial charge on any atom is 0.306 e. The molecule has 3 rings (SSSR count). The van der Waals surface area contributed by atoms with Crippen LogP contribution in [0.15, 0.2) is 35.4 Å². The molecule has 0 aromatic heterocycles. The Kier molecular flexibility index (Phi) is 7.93. The number of methoxy groups -OCH3 is 1. The molecule has 8 heteroatoms. The van der Waals surface area contributed by atoms with Crippen molar-refractivity contribution in [2.75, 3.05) is 13.7 Å². The van der Waals surface area contributed by atoms with Crippen molar-refractivity contribution in [3.05, 3.63) is 46.3 Å². The largest absolute Gasteiger partial charge is 0.460 e. The highest BCUT2D eigenvalue weighted by Gasteiger charge is 2.56. The molecule has 0 N–H and O–H groups in total. The zero-order chi connectivity index (χ0) is 23.3. The molecular formula is C24H33N3O5. The van der Waals surface area contributed by atoms with Crippen molar-refractivity contribution < 1.29 is 23.8 Å². The second-order valence-electron chi connectivity index (χ2n) is 9.37. The molecule has 0 bridgehead atoms. The Hall–Kier alpha value is -2.41. The highest BCUT2D eigenvalue weighted by molar-refractivity contribution is 5.98. The number of carbonyl (C=O) groups excluding carboxylic acids is 2. The van der Waals surface area contributed by atoms with Crippen molar-refractivity contribution >= 4 is 11.8 Å². The predicted octanol–water partition coefficient (Wildman–Crippen LogP) is 4.93. The van der Waals surface area contributed by atoms with Crippen molar-refractivity contribution in [1.29, 1.82) is 0 Å². The summed E-state index contributed by atoms with van der Waals surface area (Å²) < 4.78 is 18.2. The topological polar surface area (TPSA) is 111 Å². The van der Waals surface area contributed by atoms with Gasteiger partial charge in [-0.05, 0) is 30.2 Å². The molecule has 0 saturated carbocycles. The number of nitrogens with zero attached hydrogens (tertiary/aromatic N) is 3. The van der Waals surface area contributed by atoms with Crippen LogP contribution >= 0.6 is 0 Å². The van der Waals surface area contributed by atoms with E-state index in [0.717, 1.165) is 0 Å². The van der Waals surface area contributed by atoms with E-state index in [0.29, 0.717) is 37.8 Å². The van der Waals surface area contributed by atoms with Crippen LogP contribution < -0.4 is 0 Å². The fourth-order valence-corrected chi connectivity index (χ4v) is 5.09. The molecule has 0 spiro atoms. The second-order valence-corrected chi connectivity index (χ2v) is 9.37. The van der Waals surface area contributed by atoms with E-state index in [1.165, 1.54) is 0 Å². The van der Waals surface area contributed by atoms with Crippen molar-refractivity contribution in [2.24, 2.45) is 28.8 Å². The molecule has 8 nitrogen and oxygen atoms in total. The lowest BCUT2D eigenvalue weighted by atomic mass is 9.81. The maximum atomic E-state index is 13.5. The van der Waals surface area contributed by atoms with Gasteiger partial charge in [-0.15, -0.1) is 0 Å². The molecule has 1 aromatic rings. The number of azide groups is 1. The van der Waals surface area contributed by atoms with E-state index in [9.17, 15) is 9.59 Å². The Morgan fingerprint density at radius 1 is 1.34 bits per heavy atom. The summed E-state index contributed by atoms with van der Waals surface area (Å²) in [4.78, 5) is 28.5. The molecule has 2 aliphatic heterocycles. The van der Waals surface area contributed by atoms with Crippen LogP contribution in [-0.4, -0.2) is 43.4 Å². The molecule has 0 radical (unpaired) electrons. The van der Waals surface area contributed by atoms with Gasteiger partial charge in [-0.2, -0.15) is 0 Å². The quantitative estimate of drug-likeness (QED) is 0.177. The van der Waals surface area contributed by atoms with Crippen LogP contribution in [0.2, 0.25) is 0 Å². The van der Waals surface area contributed by atoms with Crippen LogP contribution in [-0.2, 0) is 19.0 Å². The first kappa shape index (κ1) is 24.2. The molecule has 1 unspecified atom stereocenters. The van der Waals surface area contributed by atoms with Gasteiger partial charge < -0.3 is 14.2 Å². The van der Waals surface area contributed by atoms with Gasteiger partial charge in [0.25, 0.3) is 0 Å². The minimum atomic E-state index is -0.989. The van der Waals surface area contributed by atoms with Crippen LogP contribution in [0.25, 0.3) is 10.4 Å². The number of esters is 1. The Morgan fingerprint density at radius 3 is 2.69 bits per heavy atom. The molecular weight excluding hydrogens is 410 g/mol. The van der Waals surface area contributed by atoms with Gasteiger partial charge in [0.1, 0.15) is 12.2 Å². The summed E-state index contributed by atoms with van der Waals surface area (Å²) in [5.74, 6) is -1.54. The number of carbonyl (C=O) groups is 2. The Labute approximate surface area is 189 Å². The van der Waals surface area contributed by atoms with Crippen molar-refractivity contribution in [1.82, 2.24) is 0 Å². The summed E-state index contributed by atoms with van der Waals surface area (Å²) in [7, 11) is 1.59. The summed E-state index contributed by atoms with van der Waals surface area (Å²) in [6.07, 6.45) is 1.03. The van der Waals surface area contributed by atoms with Gasteiger partial charge in [0.15, 0.2) is 11.6 Å². The minimum Gasteiger partial charge on any atom is -0.460 e. The van der Waals surface area contributed by atoms with E-state index in [2.05, 4.69) is 10.0 Å². The molecule has 0 aliphatic carbocycles. The third-order valence-corrected chi connectivity index (χ3v) is 6.74. The summed E-state index contributed by atoms with van der Waals surface area (Å²) in [6, 6.07) is 9.14. The summed E-state index contributed by atoms with van der Waals surface area (Å²) in [6.45, 7) is 6.43. The lowest BCUT2D eigenvalue weighted by Crippen LogP contribution is -2.44. The summed E-state index contributed by atoms with van der Waals surface area (Å²) in [5, 5.41) is 3.68. The van der Waals surface area contributed by atoms with Crippen LogP contribution in [0.1, 0.15) is 56.8 Å². The van der Waals surface area contributed by atoms with E-state index in [-0.39, 0.29) is 29.5 Å². The number of rotatable bonds is 9. The monoisotopic (exact) mass is 443 g/mol. The first-order valence-corrected chi connectivity index (χ1v) is 11.3. The molecule has 2 saturated heterocycles. The standard InChI is InChI=1S/C24H33N3O5/c1-15-11-20(31-21(28)12-15)23-19(22(29)18-8-6-5-7-9-18)13-24(30-4,32-23)17(3)10-16(2)14-26-27-25/h5-9,15-17,19-20,23H,10-14H2,1-4H3/t15-,16+,17-,19+,20+,23-,24?/m1/s1. The first-order valence-electron chi connectivity index (χ1n) is 11.3. The number of cyclic esters (lactones) is 1. The van der Waals surface area contributed by atoms with E-state index in [4.69, 9.17) is 19.7 Å². The van der Waals surface area contributed by atoms with E-state index in [1.54, 1.807) is 19.2 Å². The fourth-order valence-electron chi connectivity index (χ4n) is 5.09. The van der Waals surface area contributed by atoms with Gasteiger partial charge in [-0.25, -0.2) is 0 Å². The SMILES string of the molecule is COC1([C@H](C)C[C@H](C)CN=[N+]=[N-])C[C@@H](C(=O)c2ccccc2)[C@H]([C@@H]2C[C@@H](C)CC(=O)O2)O1. The smallest absolute Gasteiger partial charge is 0.306 e.